The first-order chi connectivity index (χ1) is 7.97. The number of amides is 1. The van der Waals surface area contributed by atoms with E-state index in [1.54, 1.807) is 0 Å². The van der Waals surface area contributed by atoms with E-state index in [0.717, 1.165) is 7.11 Å². The first kappa shape index (κ1) is 3.77. The minimum atomic E-state index is -3.13. The lowest BCUT2D eigenvalue weighted by molar-refractivity contribution is -0.154. The zero-order valence-electron chi connectivity index (χ0n) is 12.6. The second-order valence-electron chi connectivity index (χ2n) is 2.71. The van der Waals surface area contributed by atoms with Gasteiger partial charge in [-0.3, -0.25) is 9.59 Å². The second-order valence-corrected chi connectivity index (χ2v) is 2.71. The molecule has 0 N–H and O–H groups in total. The van der Waals surface area contributed by atoms with Crippen LogP contribution in [0.1, 0.15) is 21.1 Å². The number of carbonyl (C=O) groups is 2. The topological polar surface area (TPSA) is 46.6 Å². The van der Waals surface area contributed by atoms with Gasteiger partial charge in [0.15, 0.2) is 0 Å². The molecule has 68 valence electrons. The molecule has 0 bridgehead atoms. The molecule has 0 atom stereocenters. The third-order valence-electron chi connectivity index (χ3n) is 1.94. The van der Waals surface area contributed by atoms with Gasteiger partial charge in [-0.25, -0.2) is 0 Å². The first-order valence-electron chi connectivity index (χ1n) is 6.40. The maximum Gasteiger partial charge on any atom is 0.321 e. The lowest BCUT2D eigenvalue weighted by Crippen LogP contribution is -2.36. The molecule has 0 heterocycles. The summed E-state index contributed by atoms with van der Waals surface area (Å²) < 4.78 is 47.1. The van der Waals surface area contributed by atoms with Crippen molar-refractivity contribution in [1.29, 1.82) is 0 Å². The predicted molar refractivity (Wildman–Crippen MR) is 42.4 cm³/mol. The number of nitrogens with zero attached hydrogens (tertiary/aromatic N) is 1. The summed E-state index contributed by atoms with van der Waals surface area (Å²) in [7, 11) is 1.06. The van der Waals surface area contributed by atoms with Crippen molar-refractivity contribution in [2.24, 2.45) is 5.41 Å². The predicted octanol–water partition coefficient (Wildman–Crippen LogP) is 0.0278. The maximum absolute atomic E-state index is 12.0. The Morgan fingerprint density at radius 1 is 1.50 bits per heavy atom. The van der Waals surface area contributed by atoms with Crippen LogP contribution in [0.3, 0.4) is 0 Å². The van der Waals surface area contributed by atoms with Crippen molar-refractivity contribution in [3.63, 3.8) is 0 Å². The molecule has 0 unspecified atom stereocenters. The minimum absolute atomic E-state index is 0.0984. The summed E-state index contributed by atoms with van der Waals surface area (Å²) in [6.07, 6.45) is 0.197. The molecule has 4 heteroatoms. The Morgan fingerprint density at radius 2 is 2.08 bits per heavy atom. The summed E-state index contributed by atoms with van der Waals surface area (Å²) in [5, 5.41) is 0. The Bertz CT molecular complexity index is 356. The van der Waals surface area contributed by atoms with Gasteiger partial charge >= 0.3 is 5.97 Å². The Hall–Kier alpha value is -1.06. The summed E-state index contributed by atoms with van der Waals surface area (Å²) in [5.74, 6) is -2.12. The number of hydrogen-bond donors (Lipinski definition) is 0. The number of carbonyl (C=O) groups excluding carboxylic acids is 2. The van der Waals surface area contributed by atoms with Crippen LogP contribution in [0.15, 0.2) is 0 Å². The fraction of sp³-hybridized carbons (Fsp3) is 0.750. The average molecular weight is 177 g/mol. The van der Waals surface area contributed by atoms with E-state index in [0.29, 0.717) is 0 Å². The monoisotopic (exact) mass is 177 g/mol. The maximum atomic E-state index is 12.0. The van der Waals surface area contributed by atoms with Crippen molar-refractivity contribution in [2.75, 3.05) is 21.1 Å². The van der Waals surface area contributed by atoms with Crippen LogP contribution >= 0.6 is 0 Å². The van der Waals surface area contributed by atoms with Crippen LogP contribution in [0.2, 0.25) is 0 Å². The van der Waals surface area contributed by atoms with Gasteiger partial charge in [-0.1, -0.05) is 0 Å². The van der Waals surface area contributed by atoms with Gasteiger partial charge in [0, 0.05) is 22.2 Å². The zero-order valence-corrected chi connectivity index (χ0v) is 6.59. The normalized spacial score (nSPS) is 27.8. The average Bonchev–Trinajstić information content (AvgIpc) is 2.92. The molecule has 12 heavy (non-hydrogen) atoms. The Morgan fingerprint density at radius 3 is 2.42 bits per heavy atom. The highest BCUT2D eigenvalue weighted by Crippen LogP contribution is 2.47. The molecule has 4 nitrogen and oxygen atoms in total. The summed E-state index contributed by atoms with van der Waals surface area (Å²) in [6, 6.07) is 0. The highest BCUT2D eigenvalue weighted by atomic mass is 16.5. The summed E-state index contributed by atoms with van der Waals surface area (Å²) >= 11 is 0. The van der Waals surface area contributed by atoms with Crippen LogP contribution in [-0.2, 0) is 14.3 Å². The second kappa shape index (κ2) is 2.77. The fourth-order valence-electron chi connectivity index (χ4n) is 1.04. The van der Waals surface area contributed by atoms with Gasteiger partial charge in [-0.05, 0) is 12.8 Å². The molecule has 0 aromatic carbocycles. The summed E-state index contributed by atoms with van der Waals surface area (Å²) in [4.78, 5) is 23.3. The fourth-order valence-corrected chi connectivity index (χ4v) is 1.04. The molecular weight excluding hydrogens is 158 g/mol. The van der Waals surface area contributed by atoms with E-state index in [4.69, 9.17) is 8.22 Å². The Balaban J connectivity index is 3.10. The third-order valence-corrected chi connectivity index (χ3v) is 1.94. The van der Waals surface area contributed by atoms with Crippen LogP contribution in [-0.4, -0.2) is 37.8 Å². The molecule has 1 amide bonds. The summed E-state index contributed by atoms with van der Waals surface area (Å²) in [6.45, 7) is -6.27. The van der Waals surface area contributed by atoms with Crippen LogP contribution in [0, 0.1) is 5.41 Å². The van der Waals surface area contributed by atoms with Crippen LogP contribution in [0.25, 0.3) is 0 Å². The number of esters is 1. The smallest absolute Gasteiger partial charge is 0.321 e. The standard InChI is InChI=1S/C8H13NO3/c1-9(2)6(10)8(4-5-8)7(11)12-3/h4-5H2,1-3H3/i1D3,2D3. The van der Waals surface area contributed by atoms with Gasteiger partial charge in [0.2, 0.25) is 5.91 Å². The van der Waals surface area contributed by atoms with E-state index in [1.807, 2.05) is 0 Å². The van der Waals surface area contributed by atoms with E-state index in [1.165, 1.54) is 0 Å². The molecule has 0 radical (unpaired) electrons. The van der Waals surface area contributed by atoms with Crippen molar-refractivity contribution in [3.8, 4) is 0 Å². The summed E-state index contributed by atoms with van der Waals surface area (Å²) in [5.41, 5.74) is -1.64. The lowest BCUT2D eigenvalue weighted by atomic mass is 10.1. The molecular formula is C8H13NO3. The number of methoxy groups -OCH3 is 1. The Kier molecular flexibility index (Phi) is 0.869. The zero-order chi connectivity index (χ0) is 14.4. The third kappa shape index (κ3) is 1.17. The van der Waals surface area contributed by atoms with Crippen LogP contribution in [0.5, 0.6) is 0 Å². The number of rotatable bonds is 2. The quantitative estimate of drug-likeness (QED) is 0.441. The largest absolute Gasteiger partial charge is 0.468 e. The van der Waals surface area contributed by atoms with Crippen LogP contribution in [0.4, 0.5) is 0 Å². The van der Waals surface area contributed by atoms with E-state index < -0.39 is 31.2 Å². The van der Waals surface area contributed by atoms with Gasteiger partial charge in [-0.15, -0.1) is 0 Å². The molecule has 0 spiro atoms. The number of hydrogen-bond acceptors (Lipinski definition) is 3. The Labute approximate surface area is 79.9 Å². The van der Waals surface area contributed by atoms with Crippen LogP contribution < -0.4 is 0 Å². The molecule has 0 aliphatic heterocycles. The number of ether oxygens (including phenoxy) is 1. The van der Waals surface area contributed by atoms with Gasteiger partial charge in [0.25, 0.3) is 0 Å². The molecule has 0 aromatic heterocycles. The molecule has 1 fully saturated rings. The van der Waals surface area contributed by atoms with Gasteiger partial charge in [-0.2, -0.15) is 0 Å². The molecule has 1 aliphatic rings. The minimum Gasteiger partial charge on any atom is -0.468 e. The van der Waals surface area contributed by atoms with Gasteiger partial charge in [0.05, 0.1) is 7.11 Å². The van der Waals surface area contributed by atoms with E-state index in [-0.39, 0.29) is 17.7 Å². The molecule has 1 saturated carbocycles. The van der Waals surface area contributed by atoms with Crippen molar-refractivity contribution < 1.29 is 22.6 Å². The van der Waals surface area contributed by atoms with E-state index in [2.05, 4.69) is 4.74 Å². The SMILES string of the molecule is [2H]C([2H])([2H])N(C(=O)C1(C(=O)OC)CC1)C([2H])([2H])[2H]. The lowest BCUT2D eigenvalue weighted by Gasteiger charge is -2.16. The van der Waals surface area contributed by atoms with Crippen molar-refractivity contribution in [3.05, 3.63) is 0 Å². The van der Waals surface area contributed by atoms with E-state index >= 15 is 0 Å². The van der Waals surface area contributed by atoms with Crippen molar-refractivity contribution in [1.82, 2.24) is 4.90 Å². The highest BCUT2D eigenvalue weighted by Gasteiger charge is 2.58. The molecule has 0 aromatic rings. The molecule has 1 rings (SSSR count). The van der Waals surface area contributed by atoms with Gasteiger partial charge in [0.1, 0.15) is 5.41 Å². The first-order valence-corrected chi connectivity index (χ1v) is 3.40. The molecule has 1 aliphatic carbocycles. The van der Waals surface area contributed by atoms with Crippen molar-refractivity contribution >= 4 is 11.9 Å². The van der Waals surface area contributed by atoms with Crippen molar-refractivity contribution in [2.45, 2.75) is 12.8 Å². The van der Waals surface area contributed by atoms with Gasteiger partial charge < -0.3 is 9.64 Å². The van der Waals surface area contributed by atoms with E-state index in [9.17, 15) is 9.59 Å². The molecule has 0 saturated heterocycles. The highest BCUT2D eigenvalue weighted by molar-refractivity contribution is 6.05.